The number of nitrogens with one attached hydrogen (secondary N) is 1. The number of rotatable bonds is 7. The summed E-state index contributed by atoms with van der Waals surface area (Å²) in [7, 11) is 3.26. The molecule has 1 aliphatic heterocycles. The van der Waals surface area contributed by atoms with E-state index in [2.05, 4.69) is 32.3 Å². The lowest BCUT2D eigenvalue weighted by atomic mass is 10.0. The lowest BCUT2D eigenvalue weighted by Gasteiger charge is -2.35. The van der Waals surface area contributed by atoms with Gasteiger partial charge in [0.1, 0.15) is 0 Å². The SMILES string of the molecule is CCC1CCCCN1c1cnnc(NCc2ccc(OC)c(OC)c2)n1. The van der Waals surface area contributed by atoms with Crippen LogP contribution in [0, 0.1) is 0 Å². The highest BCUT2D eigenvalue weighted by molar-refractivity contribution is 5.45. The van der Waals surface area contributed by atoms with Gasteiger partial charge in [-0.2, -0.15) is 10.1 Å². The van der Waals surface area contributed by atoms with Crippen LogP contribution in [0.15, 0.2) is 24.4 Å². The molecule has 26 heavy (non-hydrogen) atoms. The highest BCUT2D eigenvalue weighted by Crippen LogP contribution is 2.28. The summed E-state index contributed by atoms with van der Waals surface area (Å²) >= 11 is 0. The van der Waals surface area contributed by atoms with Crippen molar-refractivity contribution in [1.29, 1.82) is 0 Å². The Balaban J connectivity index is 1.69. The highest BCUT2D eigenvalue weighted by atomic mass is 16.5. The molecule has 0 aliphatic carbocycles. The summed E-state index contributed by atoms with van der Waals surface area (Å²) in [5.74, 6) is 2.87. The Labute approximate surface area is 154 Å². The summed E-state index contributed by atoms with van der Waals surface area (Å²) in [6.45, 7) is 3.85. The minimum Gasteiger partial charge on any atom is -0.493 e. The van der Waals surface area contributed by atoms with Crippen LogP contribution >= 0.6 is 0 Å². The van der Waals surface area contributed by atoms with Gasteiger partial charge in [0.05, 0.1) is 20.4 Å². The molecular weight excluding hydrogens is 330 g/mol. The van der Waals surface area contributed by atoms with Gasteiger partial charge in [-0.1, -0.05) is 13.0 Å². The van der Waals surface area contributed by atoms with E-state index >= 15 is 0 Å². The Morgan fingerprint density at radius 2 is 2.04 bits per heavy atom. The second-order valence-corrected chi connectivity index (χ2v) is 6.43. The van der Waals surface area contributed by atoms with Crippen molar-refractivity contribution in [3.05, 3.63) is 30.0 Å². The lowest BCUT2D eigenvalue weighted by Crippen LogP contribution is -2.39. The van der Waals surface area contributed by atoms with Crippen LogP contribution in [0.25, 0.3) is 0 Å². The molecule has 1 unspecified atom stereocenters. The van der Waals surface area contributed by atoms with E-state index in [9.17, 15) is 0 Å². The van der Waals surface area contributed by atoms with Gasteiger partial charge in [-0.05, 0) is 43.4 Å². The third-order valence-electron chi connectivity index (χ3n) is 4.84. The number of ether oxygens (including phenoxy) is 2. The molecule has 140 valence electrons. The molecule has 0 spiro atoms. The zero-order valence-corrected chi connectivity index (χ0v) is 15.7. The molecule has 1 fully saturated rings. The van der Waals surface area contributed by atoms with Crippen molar-refractivity contribution in [2.24, 2.45) is 0 Å². The molecule has 0 amide bonds. The topological polar surface area (TPSA) is 72.4 Å². The van der Waals surface area contributed by atoms with Crippen molar-refractivity contribution < 1.29 is 9.47 Å². The summed E-state index contributed by atoms with van der Waals surface area (Å²) < 4.78 is 10.6. The number of aromatic nitrogens is 3. The number of hydrogen-bond acceptors (Lipinski definition) is 7. The van der Waals surface area contributed by atoms with E-state index in [0.717, 1.165) is 24.3 Å². The Morgan fingerprint density at radius 3 is 2.81 bits per heavy atom. The second-order valence-electron chi connectivity index (χ2n) is 6.43. The van der Waals surface area contributed by atoms with Gasteiger partial charge < -0.3 is 19.7 Å². The Hall–Kier alpha value is -2.57. The van der Waals surface area contributed by atoms with Crippen molar-refractivity contribution in [2.45, 2.75) is 45.2 Å². The first kappa shape index (κ1) is 18.2. The van der Waals surface area contributed by atoms with Crippen molar-refractivity contribution in [2.75, 3.05) is 31.0 Å². The van der Waals surface area contributed by atoms with E-state index in [1.54, 1.807) is 20.4 Å². The summed E-state index contributed by atoms with van der Waals surface area (Å²) in [4.78, 5) is 7.03. The minimum absolute atomic E-state index is 0.540. The number of anilines is 2. The van der Waals surface area contributed by atoms with E-state index in [1.807, 2.05) is 18.2 Å². The summed E-state index contributed by atoms with van der Waals surface area (Å²) in [5.41, 5.74) is 1.06. The smallest absolute Gasteiger partial charge is 0.244 e. The number of methoxy groups -OCH3 is 2. The van der Waals surface area contributed by atoms with Gasteiger partial charge in [-0.15, -0.1) is 5.10 Å². The Morgan fingerprint density at radius 1 is 1.19 bits per heavy atom. The van der Waals surface area contributed by atoms with E-state index in [1.165, 1.54) is 19.3 Å². The predicted molar refractivity (Wildman–Crippen MR) is 102 cm³/mol. The van der Waals surface area contributed by atoms with Gasteiger partial charge in [0, 0.05) is 19.1 Å². The van der Waals surface area contributed by atoms with Crippen molar-refractivity contribution in [3.63, 3.8) is 0 Å². The van der Waals surface area contributed by atoms with E-state index in [0.29, 0.717) is 30.0 Å². The van der Waals surface area contributed by atoms with Crippen LogP contribution < -0.4 is 19.7 Å². The molecule has 2 heterocycles. The molecular formula is C19H27N5O2. The quantitative estimate of drug-likeness (QED) is 0.815. The minimum atomic E-state index is 0.540. The standard InChI is InChI=1S/C19H27N5O2/c1-4-15-7-5-6-10-24(15)18-13-21-23-19(22-18)20-12-14-8-9-16(25-2)17(11-14)26-3/h8-9,11,13,15H,4-7,10,12H2,1-3H3,(H,20,22,23). The third-order valence-corrected chi connectivity index (χ3v) is 4.84. The van der Waals surface area contributed by atoms with E-state index < -0.39 is 0 Å². The third kappa shape index (κ3) is 4.15. The fourth-order valence-electron chi connectivity index (χ4n) is 3.41. The van der Waals surface area contributed by atoms with E-state index in [-0.39, 0.29) is 0 Å². The maximum absolute atomic E-state index is 5.35. The second kappa shape index (κ2) is 8.69. The van der Waals surface area contributed by atoms with Gasteiger partial charge in [0.15, 0.2) is 17.3 Å². The molecule has 1 saturated heterocycles. The molecule has 7 nitrogen and oxygen atoms in total. The molecule has 0 bridgehead atoms. The molecule has 0 radical (unpaired) electrons. The molecule has 1 aromatic carbocycles. The average molecular weight is 357 g/mol. The van der Waals surface area contributed by atoms with Crippen LogP contribution in [-0.4, -0.2) is 42.0 Å². The summed E-state index contributed by atoms with van der Waals surface area (Å²) in [5, 5.41) is 11.5. The molecule has 3 rings (SSSR count). The van der Waals surface area contributed by atoms with E-state index in [4.69, 9.17) is 9.47 Å². The Kier molecular flexibility index (Phi) is 6.09. The predicted octanol–water partition coefficient (Wildman–Crippen LogP) is 3.27. The fourth-order valence-corrected chi connectivity index (χ4v) is 3.41. The monoisotopic (exact) mass is 357 g/mol. The zero-order chi connectivity index (χ0) is 18.4. The highest BCUT2D eigenvalue weighted by Gasteiger charge is 2.22. The van der Waals surface area contributed by atoms with Crippen LogP contribution in [0.2, 0.25) is 0 Å². The van der Waals surface area contributed by atoms with Crippen LogP contribution in [-0.2, 0) is 6.54 Å². The molecule has 0 saturated carbocycles. The average Bonchev–Trinajstić information content (AvgIpc) is 2.72. The fraction of sp³-hybridized carbons (Fsp3) is 0.526. The van der Waals surface area contributed by atoms with Gasteiger partial charge in [0.2, 0.25) is 5.95 Å². The number of nitrogens with zero attached hydrogens (tertiary/aromatic N) is 4. The zero-order valence-electron chi connectivity index (χ0n) is 15.7. The van der Waals surface area contributed by atoms with Crippen LogP contribution in [0.4, 0.5) is 11.8 Å². The van der Waals surface area contributed by atoms with Crippen LogP contribution in [0.1, 0.15) is 38.2 Å². The first-order valence-electron chi connectivity index (χ1n) is 9.16. The van der Waals surface area contributed by atoms with Crippen molar-refractivity contribution in [1.82, 2.24) is 15.2 Å². The summed E-state index contributed by atoms with van der Waals surface area (Å²) in [6.07, 6.45) is 6.59. The first-order valence-corrected chi connectivity index (χ1v) is 9.16. The summed E-state index contributed by atoms with van der Waals surface area (Å²) in [6, 6.07) is 6.37. The van der Waals surface area contributed by atoms with Crippen molar-refractivity contribution in [3.8, 4) is 11.5 Å². The largest absolute Gasteiger partial charge is 0.493 e. The van der Waals surface area contributed by atoms with Gasteiger partial charge >= 0.3 is 0 Å². The number of benzene rings is 1. The van der Waals surface area contributed by atoms with Gasteiger partial charge in [-0.3, -0.25) is 0 Å². The molecule has 1 N–H and O–H groups in total. The maximum atomic E-state index is 5.35. The Bertz CT molecular complexity index is 725. The number of hydrogen-bond donors (Lipinski definition) is 1. The van der Waals surface area contributed by atoms with Crippen molar-refractivity contribution >= 4 is 11.8 Å². The first-order chi connectivity index (χ1) is 12.7. The maximum Gasteiger partial charge on any atom is 0.244 e. The normalized spacial score (nSPS) is 17.0. The lowest BCUT2D eigenvalue weighted by molar-refractivity contribution is 0.354. The molecule has 1 aliphatic rings. The molecule has 7 heteroatoms. The van der Waals surface area contributed by atoms with Crippen LogP contribution in [0.3, 0.4) is 0 Å². The van der Waals surface area contributed by atoms with Crippen LogP contribution in [0.5, 0.6) is 11.5 Å². The number of piperidine rings is 1. The van der Waals surface area contributed by atoms with Gasteiger partial charge in [-0.25, -0.2) is 0 Å². The molecule has 1 aromatic heterocycles. The molecule has 2 aromatic rings. The molecule has 1 atom stereocenters. The van der Waals surface area contributed by atoms with Gasteiger partial charge in [0.25, 0.3) is 0 Å².